The number of carbonyl (C=O) groups is 2. The van der Waals surface area contributed by atoms with Crippen molar-refractivity contribution in [2.75, 3.05) is 12.0 Å². The Kier molecular flexibility index (Phi) is 6.11. The summed E-state index contributed by atoms with van der Waals surface area (Å²) in [5.41, 5.74) is 0.658. The van der Waals surface area contributed by atoms with Crippen molar-refractivity contribution in [1.29, 1.82) is 0 Å². The molecule has 1 fully saturated rings. The van der Waals surface area contributed by atoms with E-state index >= 15 is 0 Å². The number of aliphatic hydroxyl groups is 1. The second kappa shape index (κ2) is 8.82. The summed E-state index contributed by atoms with van der Waals surface area (Å²) in [7, 11) is 1.37. The first-order chi connectivity index (χ1) is 15.3. The summed E-state index contributed by atoms with van der Waals surface area (Å²) in [6.45, 7) is 0. The molecule has 0 aliphatic carbocycles. The van der Waals surface area contributed by atoms with Gasteiger partial charge in [0.05, 0.1) is 29.0 Å². The number of Topliss-reactive ketones (excluding diaryl/α,β-unsaturated/α-hetero) is 1. The summed E-state index contributed by atoms with van der Waals surface area (Å²) in [4.78, 5) is 31.9. The summed E-state index contributed by atoms with van der Waals surface area (Å²) in [5, 5.41) is 12.0. The number of aromatic nitrogens is 1. The van der Waals surface area contributed by atoms with Crippen molar-refractivity contribution in [1.82, 2.24) is 4.98 Å². The molecule has 0 bridgehead atoms. The minimum atomic E-state index is -1.02. The number of hydrogen-bond donors (Lipinski definition) is 1. The van der Waals surface area contributed by atoms with Gasteiger partial charge in [0.25, 0.3) is 11.7 Å². The molecule has 2 aromatic carbocycles. The highest BCUT2D eigenvalue weighted by Crippen LogP contribution is 2.44. The van der Waals surface area contributed by atoms with Gasteiger partial charge in [-0.3, -0.25) is 19.5 Å². The van der Waals surface area contributed by atoms with Crippen molar-refractivity contribution in [2.24, 2.45) is 0 Å². The van der Waals surface area contributed by atoms with Crippen LogP contribution in [0, 0.1) is 0 Å². The molecule has 1 aromatic heterocycles. The number of halogens is 3. The van der Waals surface area contributed by atoms with Crippen LogP contribution in [0.5, 0.6) is 5.75 Å². The number of hydrogen-bond acceptors (Lipinski definition) is 5. The van der Waals surface area contributed by atoms with Crippen LogP contribution in [0.3, 0.4) is 0 Å². The molecule has 1 amide bonds. The molecule has 4 rings (SSSR count). The Balaban J connectivity index is 2.01. The lowest BCUT2D eigenvalue weighted by molar-refractivity contribution is -0.132. The second-order valence-corrected chi connectivity index (χ2v) is 8.15. The van der Waals surface area contributed by atoms with Crippen molar-refractivity contribution in [2.45, 2.75) is 6.04 Å². The highest BCUT2D eigenvalue weighted by atomic mass is 35.5. The van der Waals surface area contributed by atoms with Crippen LogP contribution in [0.1, 0.15) is 17.3 Å². The van der Waals surface area contributed by atoms with Gasteiger partial charge in [-0.05, 0) is 42.5 Å². The van der Waals surface area contributed by atoms with E-state index < -0.39 is 23.5 Å². The number of anilines is 1. The molecular formula is C23H15Cl3N2O4. The van der Waals surface area contributed by atoms with Gasteiger partial charge >= 0.3 is 0 Å². The molecular weight excluding hydrogens is 475 g/mol. The van der Waals surface area contributed by atoms with Gasteiger partial charge in [-0.25, -0.2) is 0 Å². The summed E-state index contributed by atoms with van der Waals surface area (Å²) in [5.74, 6) is -2.10. The van der Waals surface area contributed by atoms with E-state index in [0.717, 1.165) is 0 Å². The molecule has 1 aliphatic rings. The van der Waals surface area contributed by atoms with Gasteiger partial charge in [-0.1, -0.05) is 46.9 Å². The number of aliphatic hydroxyl groups excluding tert-OH is 1. The van der Waals surface area contributed by atoms with Gasteiger partial charge in [0.1, 0.15) is 17.6 Å². The maximum absolute atomic E-state index is 13.2. The minimum Gasteiger partial charge on any atom is -0.507 e. The smallest absolute Gasteiger partial charge is 0.300 e. The zero-order valence-electron chi connectivity index (χ0n) is 16.6. The van der Waals surface area contributed by atoms with Gasteiger partial charge in [0.15, 0.2) is 0 Å². The van der Waals surface area contributed by atoms with Gasteiger partial charge in [0.2, 0.25) is 0 Å². The highest BCUT2D eigenvalue weighted by molar-refractivity contribution is 6.52. The van der Waals surface area contributed by atoms with E-state index in [-0.39, 0.29) is 26.9 Å². The first-order valence-electron chi connectivity index (χ1n) is 9.34. The summed E-state index contributed by atoms with van der Waals surface area (Å²) in [6.07, 6.45) is 1.53. The fourth-order valence-electron chi connectivity index (χ4n) is 3.63. The number of methoxy groups -OCH3 is 1. The quantitative estimate of drug-likeness (QED) is 0.290. The van der Waals surface area contributed by atoms with E-state index in [9.17, 15) is 14.7 Å². The molecule has 9 heteroatoms. The molecule has 162 valence electrons. The van der Waals surface area contributed by atoms with Crippen molar-refractivity contribution < 1.29 is 19.4 Å². The van der Waals surface area contributed by atoms with Gasteiger partial charge in [-0.2, -0.15) is 0 Å². The Morgan fingerprint density at radius 1 is 1.03 bits per heavy atom. The zero-order valence-corrected chi connectivity index (χ0v) is 18.8. The Morgan fingerprint density at radius 2 is 1.81 bits per heavy atom. The Bertz CT molecular complexity index is 1260. The van der Waals surface area contributed by atoms with Gasteiger partial charge in [-0.15, -0.1) is 0 Å². The Labute approximate surface area is 198 Å². The second-order valence-electron chi connectivity index (χ2n) is 6.87. The van der Waals surface area contributed by atoms with Crippen molar-refractivity contribution in [3.63, 3.8) is 0 Å². The minimum absolute atomic E-state index is 0.0787. The zero-order chi connectivity index (χ0) is 23.0. The normalized spacial score (nSPS) is 17.6. The summed E-state index contributed by atoms with van der Waals surface area (Å²) >= 11 is 18.5. The number of nitrogens with zero attached hydrogens (tertiary/aromatic N) is 2. The van der Waals surface area contributed by atoms with E-state index in [1.54, 1.807) is 42.5 Å². The third-order valence-corrected chi connectivity index (χ3v) is 5.70. The SMILES string of the molecule is COc1c(Cl)cc(Cl)cc1/C(O)=C1\C(=O)C(=O)N(c2cccc(Cl)c2)C1c1ccccn1. The van der Waals surface area contributed by atoms with Crippen LogP contribution < -0.4 is 9.64 Å². The van der Waals surface area contributed by atoms with Crippen LogP contribution in [0.25, 0.3) is 5.76 Å². The predicted molar refractivity (Wildman–Crippen MR) is 123 cm³/mol. The van der Waals surface area contributed by atoms with Crippen molar-refractivity contribution in [3.8, 4) is 5.75 Å². The topological polar surface area (TPSA) is 79.7 Å². The monoisotopic (exact) mass is 488 g/mol. The van der Waals surface area contributed by atoms with Crippen LogP contribution in [0.15, 0.2) is 66.4 Å². The average molecular weight is 490 g/mol. The molecule has 1 atom stereocenters. The number of pyridine rings is 1. The van der Waals surface area contributed by atoms with E-state index in [2.05, 4.69) is 4.98 Å². The number of ether oxygens (including phenoxy) is 1. The fourth-order valence-corrected chi connectivity index (χ4v) is 4.39. The molecule has 0 radical (unpaired) electrons. The lowest BCUT2D eigenvalue weighted by Crippen LogP contribution is -2.29. The van der Waals surface area contributed by atoms with E-state index in [0.29, 0.717) is 16.4 Å². The van der Waals surface area contributed by atoms with Gasteiger partial charge < -0.3 is 9.84 Å². The van der Waals surface area contributed by atoms with E-state index in [4.69, 9.17) is 39.5 Å². The van der Waals surface area contributed by atoms with E-state index in [1.165, 1.54) is 30.3 Å². The molecule has 32 heavy (non-hydrogen) atoms. The average Bonchev–Trinajstić information content (AvgIpc) is 3.04. The number of benzene rings is 2. The molecule has 0 spiro atoms. The lowest BCUT2D eigenvalue weighted by Gasteiger charge is -2.25. The van der Waals surface area contributed by atoms with Crippen molar-refractivity contribution >= 4 is 57.9 Å². The number of rotatable bonds is 4. The number of carbonyl (C=O) groups excluding carboxylic acids is 2. The summed E-state index contributed by atoms with van der Waals surface area (Å²) in [6, 6.07) is 13.4. The van der Waals surface area contributed by atoms with Gasteiger partial charge in [0, 0.05) is 21.9 Å². The molecule has 1 aliphatic heterocycles. The Morgan fingerprint density at radius 3 is 2.47 bits per heavy atom. The molecule has 1 unspecified atom stereocenters. The van der Waals surface area contributed by atoms with Crippen LogP contribution in [-0.4, -0.2) is 28.9 Å². The predicted octanol–water partition coefficient (Wildman–Crippen LogP) is 5.68. The lowest BCUT2D eigenvalue weighted by atomic mass is 9.97. The maximum Gasteiger partial charge on any atom is 0.300 e. The van der Waals surface area contributed by atoms with Crippen LogP contribution in [-0.2, 0) is 9.59 Å². The standard InChI is InChI=1S/C23H15Cl3N2O4/c1-32-22-15(10-13(25)11-16(22)26)20(29)18-19(17-7-2-3-8-27-17)28(23(31)21(18)30)14-6-4-5-12(24)9-14/h2-11,19,29H,1H3/b20-18+. The molecule has 3 aromatic rings. The summed E-state index contributed by atoms with van der Waals surface area (Å²) < 4.78 is 5.31. The third kappa shape index (κ3) is 3.81. The fraction of sp³-hybridized carbons (Fsp3) is 0.0870. The number of amides is 1. The number of ketones is 1. The van der Waals surface area contributed by atoms with Crippen LogP contribution in [0.2, 0.25) is 15.1 Å². The Hall–Kier alpha value is -3.06. The van der Waals surface area contributed by atoms with Crippen molar-refractivity contribution in [3.05, 3.63) is 92.7 Å². The maximum atomic E-state index is 13.2. The third-order valence-electron chi connectivity index (χ3n) is 4.97. The molecule has 0 saturated carbocycles. The molecule has 2 heterocycles. The molecule has 1 N–H and O–H groups in total. The highest BCUT2D eigenvalue weighted by Gasteiger charge is 2.48. The molecule has 6 nitrogen and oxygen atoms in total. The molecule has 1 saturated heterocycles. The van der Waals surface area contributed by atoms with Crippen LogP contribution >= 0.6 is 34.8 Å². The van der Waals surface area contributed by atoms with Crippen LogP contribution in [0.4, 0.5) is 5.69 Å². The largest absolute Gasteiger partial charge is 0.507 e. The first-order valence-corrected chi connectivity index (χ1v) is 10.5. The first kappa shape index (κ1) is 22.1. The van der Waals surface area contributed by atoms with E-state index in [1.807, 2.05) is 0 Å².